The molecular formula is C17H15N5O4. The van der Waals surface area contributed by atoms with Crippen molar-refractivity contribution in [3.63, 3.8) is 0 Å². The lowest BCUT2D eigenvalue weighted by Crippen LogP contribution is -2.07. The molecule has 1 N–H and O–H groups in total. The van der Waals surface area contributed by atoms with Gasteiger partial charge in [-0.05, 0) is 36.8 Å². The highest BCUT2D eigenvalue weighted by molar-refractivity contribution is 6.00. The maximum Gasteiger partial charge on any atom is 0.322 e. The van der Waals surface area contributed by atoms with Crippen molar-refractivity contribution in [2.45, 2.75) is 6.92 Å². The maximum absolute atomic E-state index is 12.0. The second-order valence-electron chi connectivity index (χ2n) is 5.64. The molecule has 0 unspecified atom stereocenters. The van der Waals surface area contributed by atoms with Gasteiger partial charge in [0.05, 0.1) is 5.69 Å². The number of hydrogen-bond acceptors (Lipinski definition) is 7. The van der Waals surface area contributed by atoms with E-state index in [0.717, 1.165) is 11.3 Å². The van der Waals surface area contributed by atoms with Gasteiger partial charge in [0.15, 0.2) is 11.5 Å². The van der Waals surface area contributed by atoms with E-state index in [2.05, 4.69) is 20.6 Å². The van der Waals surface area contributed by atoms with Gasteiger partial charge in [0.1, 0.15) is 5.69 Å². The largest absolute Gasteiger partial charge is 0.454 e. The molecule has 2 aromatic heterocycles. The monoisotopic (exact) mass is 353 g/mol. The molecule has 0 bridgehead atoms. The first-order valence-electron chi connectivity index (χ1n) is 7.82. The Balaban J connectivity index is 1.43. The molecule has 1 aromatic carbocycles. The molecule has 4 rings (SSSR count). The Labute approximate surface area is 148 Å². The van der Waals surface area contributed by atoms with E-state index in [9.17, 15) is 4.79 Å². The van der Waals surface area contributed by atoms with Crippen LogP contribution in [-0.4, -0.2) is 32.7 Å². The van der Waals surface area contributed by atoms with Crippen LogP contribution in [0.1, 0.15) is 11.3 Å². The van der Waals surface area contributed by atoms with E-state index in [0.29, 0.717) is 17.2 Å². The van der Waals surface area contributed by atoms with E-state index in [1.54, 1.807) is 29.9 Å². The molecule has 1 aliphatic rings. The van der Waals surface area contributed by atoms with Gasteiger partial charge in [-0.25, -0.2) is 0 Å². The van der Waals surface area contributed by atoms with Gasteiger partial charge in [-0.3, -0.25) is 14.8 Å². The summed E-state index contributed by atoms with van der Waals surface area (Å²) in [6.07, 6.45) is 3.02. The van der Waals surface area contributed by atoms with Gasteiger partial charge in [0.25, 0.3) is 11.8 Å². The van der Waals surface area contributed by atoms with E-state index in [-0.39, 0.29) is 24.6 Å². The van der Waals surface area contributed by atoms with Crippen molar-refractivity contribution < 1.29 is 18.7 Å². The molecule has 0 saturated carbocycles. The Morgan fingerprint density at radius 1 is 1.23 bits per heavy atom. The van der Waals surface area contributed by atoms with Crippen LogP contribution < -0.4 is 14.8 Å². The number of rotatable bonds is 4. The minimum Gasteiger partial charge on any atom is -0.454 e. The average molecular weight is 353 g/mol. The second kappa shape index (κ2) is 6.36. The molecule has 0 saturated heterocycles. The van der Waals surface area contributed by atoms with Crippen LogP contribution in [-0.2, 0) is 11.8 Å². The van der Waals surface area contributed by atoms with E-state index in [4.69, 9.17) is 13.9 Å². The molecule has 132 valence electrons. The second-order valence-corrected chi connectivity index (χ2v) is 5.64. The van der Waals surface area contributed by atoms with Gasteiger partial charge < -0.3 is 13.9 Å². The topological polar surface area (TPSA) is 104 Å². The Morgan fingerprint density at radius 3 is 2.88 bits per heavy atom. The SMILES string of the molecule is Cc1cc(-c2nnc(NC(=O)C=Cc3ccc4c(c3)OCO4)o2)n(C)n1. The normalized spacial score (nSPS) is 12.7. The Hall–Kier alpha value is -3.62. The summed E-state index contributed by atoms with van der Waals surface area (Å²) >= 11 is 0. The highest BCUT2D eigenvalue weighted by atomic mass is 16.7. The van der Waals surface area contributed by atoms with Gasteiger partial charge in [0.2, 0.25) is 6.79 Å². The molecular weight excluding hydrogens is 338 g/mol. The number of amides is 1. The molecule has 0 spiro atoms. The summed E-state index contributed by atoms with van der Waals surface area (Å²) in [5, 5.41) is 14.5. The summed E-state index contributed by atoms with van der Waals surface area (Å²) in [6, 6.07) is 7.24. The molecule has 1 amide bonds. The highest BCUT2D eigenvalue weighted by Gasteiger charge is 2.15. The fourth-order valence-corrected chi connectivity index (χ4v) is 2.52. The fraction of sp³-hybridized carbons (Fsp3) is 0.176. The van der Waals surface area contributed by atoms with Crippen molar-refractivity contribution in [3.05, 3.63) is 41.6 Å². The van der Waals surface area contributed by atoms with Crippen LogP contribution in [0.4, 0.5) is 6.01 Å². The van der Waals surface area contributed by atoms with Crippen LogP contribution >= 0.6 is 0 Å². The van der Waals surface area contributed by atoms with Crippen molar-refractivity contribution in [1.29, 1.82) is 0 Å². The number of ether oxygens (including phenoxy) is 2. The van der Waals surface area contributed by atoms with Crippen molar-refractivity contribution in [1.82, 2.24) is 20.0 Å². The number of nitrogens with zero attached hydrogens (tertiary/aromatic N) is 4. The Bertz CT molecular complexity index is 1000. The van der Waals surface area contributed by atoms with Crippen LogP contribution in [0.15, 0.2) is 34.8 Å². The number of anilines is 1. The molecule has 9 nitrogen and oxygen atoms in total. The van der Waals surface area contributed by atoms with Crippen LogP contribution in [0.2, 0.25) is 0 Å². The zero-order valence-corrected chi connectivity index (χ0v) is 14.1. The van der Waals surface area contributed by atoms with E-state index in [1.165, 1.54) is 6.08 Å². The molecule has 0 radical (unpaired) electrons. The fourth-order valence-electron chi connectivity index (χ4n) is 2.52. The van der Waals surface area contributed by atoms with Crippen LogP contribution in [0.25, 0.3) is 17.7 Å². The first-order valence-corrected chi connectivity index (χ1v) is 7.82. The smallest absolute Gasteiger partial charge is 0.322 e. The number of hydrogen-bond donors (Lipinski definition) is 1. The van der Waals surface area contributed by atoms with Gasteiger partial charge in [-0.15, -0.1) is 5.10 Å². The Kier molecular flexibility index (Phi) is 3.88. The predicted octanol–water partition coefficient (Wildman–Crippen LogP) is 2.16. The number of benzene rings is 1. The van der Waals surface area contributed by atoms with Crippen LogP contribution in [0.5, 0.6) is 11.5 Å². The number of aryl methyl sites for hydroxylation is 2. The average Bonchev–Trinajstić information content (AvgIpc) is 3.32. The minimum absolute atomic E-state index is 0.0131. The van der Waals surface area contributed by atoms with E-state index >= 15 is 0 Å². The van der Waals surface area contributed by atoms with Gasteiger partial charge in [0, 0.05) is 13.1 Å². The molecule has 3 heterocycles. The Morgan fingerprint density at radius 2 is 2.08 bits per heavy atom. The molecule has 1 aliphatic heterocycles. The van der Waals surface area contributed by atoms with Crippen molar-refractivity contribution in [2.75, 3.05) is 12.1 Å². The number of carbonyl (C=O) groups excluding carboxylic acids is 1. The number of nitrogens with one attached hydrogen (secondary N) is 1. The third-order valence-corrected chi connectivity index (χ3v) is 3.70. The predicted molar refractivity (Wildman–Crippen MR) is 91.5 cm³/mol. The van der Waals surface area contributed by atoms with E-state index < -0.39 is 0 Å². The molecule has 0 aliphatic carbocycles. The molecule has 26 heavy (non-hydrogen) atoms. The molecule has 3 aromatic rings. The summed E-state index contributed by atoms with van der Waals surface area (Å²) in [5.41, 5.74) is 2.31. The third kappa shape index (κ3) is 3.14. The number of fused-ring (bicyclic) bond motifs is 1. The van der Waals surface area contributed by atoms with Gasteiger partial charge in [-0.1, -0.05) is 11.2 Å². The third-order valence-electron chi connectivity index (χ3n) is 3.70. The maximum atomic E-state index is 12.0. The zero-order chi connectivity index (χ0) is 18.1. The summed E-state index contributed by atoms with van der Waals surface area (Å²) in [7, 11) is 1.78. The standard InChI is InChI=1S/C17H15N5O4/c1-10-7-12(22(2)21-10)16-19-20-17(26-16)18-15(23)6-4-11-3-5-13-14(8-11)25-9-24-13/h3-8H,9H2,1-2H3,(H,18,20,23). The van der Waals surface area contributed by atoms with Crippen molar-refractivity contribution in [2.24, 2.45) is 7.05 Å². The lowest BCUT2D eigenvalue weighted by molar-refractivity contribution is -0.112. The highest BCUT2D eigenvalue weighted by Crippen LogP contribution is 2.32. The zero-order valence-electron chi connectivity index (χ0n) is 14.1. The van der Waals surface area contributed by atoms with Crippen molar-refractivity contribution in [3.8, 4) is 23.1 Å². The first kappa shape index (κ1) is 15.9. The number of aromatic nitrogens is 4. The van der Waals surface area contributed by atoms with Gasteiger partial charge in [-0.2, -0.15) is 5.10 Å². The summed E-state index contributed by atoms with van der Waals surface area (Å²) in [6.45, 7) is 2.07. The lowest BCUT2D eigenvalue weighted by Gasteiger charge is -1.98. The molecule has 0 atom stereocenters. The summed E-state index contributed by atoms with van der Waals surface area (Å²) < 4.78 is 17.6. The molecule has 0 fully saturated rings. The van der Waals surface area contributed by atoms with Gasteiger partial charge >= 0.3 is 6.01 Å². The summed E-state index contributed by atoms with van der Waals surface area (Å²) in [5.74, 6) is 1.23. The minimum atomic E-state index is -0.390. The molecule has 9 heteroatoms. The van der Waals surface area contributed by atoms with Crippen molar-refractivity contribution >= 4 is 18.0 Å². The van der Waals surface area contributed by atoms with Crippen LogP contribution in [0, 0.1) is 6.92 Å². The first-order chi connectivity index (χ1) is 12.6. The number of carbonyl (C=O) groups is 1. The summed E-state index contributed by atoms with van der Waals surface area (Å²) in [4.78, 5) is 12.0. The van der Waals surface area contributed by atoms with Crippen LogP contribution in [0.3, 0.4) is 0 Å². The van der Waals surface area contributed by atoms with E-state index in [1.807, 2.05) is 19.1 Å². The lowest BCUT2D eigenvalue weighted by atomic mass is 10.2. The quantitative estimate of drug-likeness (QED) is 0.717.